The van der Waals surface area contributed by atoms with Crippen LogP contribution in [0.25, 0.3) is 0 Å². The molecule has 1 N–H and O–H groups in total. The average molecular weight is 237 g/mol. The largest absolute Gasteiger partial charge is 0.377 e. The van der Waals surface area contributed by atoms with Crippen molar-refractivity contribution in [2.75, 3.05) is 6.61 Å². The van der Waals surface area contributed by atoms with E-state index in [2.05, 4.69) is 12.2 Å². The number of hydrogen-bond acceptors (Lipinski definition) is 2. The Hall–Kier alpha value is -0.930. The van der Waals surface area contributed by atoms with Gasteiger partial charge in [0, 0.05) is 19.2 Å². The maximum atomic E-state index is 13.4. The summed E-state index contributed by atoms with van der Waals surface area (Å²) >= 11 is 0. The average Bonchev–Trinajstić information content (AvgIpc) is 2.84. The smallest absolute Gasteiger partial charge is 0.126 e. The Labute approximate surface area is 102 Å². The molecule has 0 saturated carbocycles. The maximum Gasteiger partial charge on any atom is 0.126 e. The quantitative estimate of drug-likeness (QED) is 0.869. The van der Waals surface area contributed by atoms with Gasteiger partial charge in [-0.25, -0.2) is 4.39 Å². The van der Waals surface area contributed by atoms with Crippen molar-refractivity contribution in [2.24, 2.45) is 0 Å². The van der Waals surface area contributed by atoms with Crippen LogP contribution in [0.4, 0.5) is 4.39 Å². The Morgan fingerprint density at radius 2 is 2.35 bits per heavy atom. The summed E-state index contributed by atoms with van der Waals surface area (Å²) in [5, 5.41) is 3.40. The van der Waals surface area contributed by atoms with Crippen molar-refractivity contribution >= 4 is 0 Å². The normalized spacial score (nSPS) is 21.7. The van der Waals surface area contributed by atoms with Crippen molar-refractivity contribution in [1.29, 1.82) is 0 Å². The Bertz CT molecular complexity index is 374. The second-order valence-electron chi connectivity index (χ2n) is 4.80. The SMILES string of the molecule is Cc1ccc(CNC(C)C2CCCO2)cc1F. The lowest BCUT2D eigenvalue weighted by molar-refractivity contribution is 0.0832. The molecule has 2 rings (SSSR count). The van der Waals surface area contributed by atoms with Crippen LogP contribution >= 0.6 is 0 Å². The lowest BCUT2D eigenvalue weighted by atomic mass is 10.1. The van der Waals surface area contributed by atoms with E-state index in [0.717, 1.165) is 25.0 Å². The Kier molecular flexibility index (Phi) is 4.13. The summed E-state index contributed by atoms with van der Waals surface area (Å²) in [6, 6.07) is 5.71. The van der Waals surface area contributed by atoms with Crippen LogP contribution in [0, 0.1) is 12.7 Å². The van der Waals surface area contributed by atoms with Gasteiger partial charge in [-0.2, -0.15) is 0 Å². The number of nitrogens with one attached hydrogen (secondary N) is 1. The molecule has 0 aromatic heterocycles. The lowest BCUT2D eigenvalue weighted by Crippen LogP contribution is -2.36. The summed E-state index contributed by atoms with van der Waals surface area (Å²) < 4.78 is 19.0. The molecule has 3 heteroatoms. The van der Waals surface area contributed by atoms with Gasteiger partial charge in [0.05, 0.1) is 6.10 Å². The first-order valence-electron chi connectivity index (χ1n) is 6.27. The molecule has 1 aliphatic heterocycles. The summed E-state index contributed by atoms with van der Waals surface area (Å²) in [6.07, 6.45) is 2.58. The van der Waals surface area contributed by atoms with Gasteiger partial charge in [0.2, 0.25) is 0 Å². The Morgan fingerprint density at radius 1 is 1.53 bits per heavy atom. The highest BCUT2D eigenvalue weighted by Crippen LogP contribution is 2.16. The summed E-state index contributed by atoms with van der Waals surface area (Å²) in [7, 11) is 0. The molecule has 1 aromatic rings. The number of halogens is 1. The molecule has 1 aliphatic rings. The molecule has 1 fully saturated rings. The molecule has 0 radical (unpaired) electrons. The summed E-state index contributed by atoms with van der Waals surface area (Å²) in [5.41, 5.74) is 1.68. The Morgan fingerprint density at radius 3 is 3.00 bits per heavy atom. The third-order valence-electron chi connectivity index (χ3n) is 3.39. The number of benzene rings is 1. The fourth-order valence-electron chi connectivity index (χ4n) is 2.15. The molecule has 2 nitrogen and oxygen atoms in total. The molecule has 0 spiro atoms. The molecule has 2 unspecified atom stereocenters. The van der Waals surface area contributed by atoms with E-state index < -0.39 is 0 Å². The second-order valence-corrected chi connectivity index (χ2v) is 4.80. The second kappa shape index (κ2) is 5.61. The van der Waals surface area contributed by atoms with Gasteiger partial charge >= 0.3 is 0 Å². The first-order valence-corrected chi connectivity index (χ1v) is 6.27. The Balaban J connectivity index is 1.86. The van der Waals surface area contributed by atoms with Gasteiger partial charge in [0.1, 0.15) is 5.82 Å². The molecule has 0 amide bonds. The van der Waals surface area contributed by atoms with Crippen molar-refractivity contribution in [1.82, 2.24) is 5.32 Å². The van der Waals surface area contributed by atoms with Crippen molar-refractivity contribution in [3.05, 3.63) is 35.1 Å². The van der Waals surface area contributed by atoms with E-state index in [9.17, 15) is 4.39 Å². The molecule has 94 valence electrons. The lowest BCUT2D eigenvalue weighted by Gasteiger charge is -2.20. The summed E-state index contributed by atoms with van der Waals surface area (Å²) in [4.78, 5) is 0. The fraction of sp³-hybridized carbons (Fsp3) is 0.571. The molecule has 1 saturated heterocycles. The highest BCUT2D eigenvalue weighted by Gasteiger charge is 2.21. The standard InChI is InChI=1S/C14H20FNO/c1-10-5-6-12(8-13(10)15)9-16-11(2)14-4-3-7-17-14/h5-6,8,11,14,16H,3-4,7,9H2,1-2H3. The van der Waals surface area contributed by atoms with E-state index in [0.29, 0.717) is 24.3 Å². The highest BCUT2D eigenvalue weighted by molar-refractivity contribution is 5.23. The zero-order valence-electron chi connectivity index (χ0n) is 10.5. The third kappa shape index (κ3) is 3.27. The van der Waals surface area contributed by atoms with Crippen LogP contribution in [-0.2, 0) is 11.3 Å². The fourth-order valence-corrected chi connectivity index (χ4v) is 2.15. The van der Waals surface area contributed by atoms with Gasteiger partial charge in [-0.1, -0.05) is 12.1 Å². The van der Waals surface area contributed by atoms with Gasteiger partial charge in [-0.3, -0.25) is 0 Å². The summed E-state index contributed by atoms with van der Waals surface area (Å²) in [5.74, 6) is -0.130. The van der Waals surface area contributed by atoms with Gasteiger partial charge < -0.3 is 10.1 Å². The maximum absolute atomic E-state index is 13.4. The van der Waals surface area contributed by atoms with Gasteiger partial charge in [0.25, 0.3) is 0 Å². The van der Waals surface area contributed by atoms with Crippen LogP contribution in [0.15, 0.2) is 18.2 Å². The molecule has 2 atom stereocenters. The molecule has 0 aliphatic carbocycles. The third-order valence-corrected chi connectivity index (χ3v) is 3.39. The van der Waals surface area contributed by atoms with Crippen LogP contribution in [0.3, 0.4) is 0 Å². The number of ether oxygens (including phenoxy) is 1. The number of aryl methyl sites for hydroxylation is 1. The molecule has 1 aromatic carbocycles. The van der Waals surface area contributed by atoms with E-state index in [-0.39, 0.29) is 5.82 Å². The minimum absolute atomic E-state index is 0.130. The van der Waals surface area contributed by atoms with Gasteiger partial charge in [-0.05, 0) is 43.9 Å². The van der Waals surface area contributed by atoms with E-state index >= 15 is 0 Å². The van der Waals surface area contributed by atoms with Crippen molar-refractivity contribution < 1.29 is 9.13 Å². The first-order chi connectivity index (χ1) is 8.16. The van der Waals surface area contributed by atoms with Gasteiger partial charge in [0.15, 0.2) is 0 Å². The minimum Gasteiger partial charge on any atom is -0.377 e. The van der Waals surface area contributed by atoms with E-state index in [1.807, 2.05) is 12.1 Å². The number of hydrogen-bond donors (Lipinski definition) is 1. The van der Waals surface area contributed by atoms with Crippen LogP contribution < -0.4 is 5.32 Å². The molecule has 0 bridgehead atoms. The van der Waals surface area contributed by atoms with Gasteiger partial charge in [-0.15, -0.1) is 0 Å². The highest BCUT2D eigenvalue weighted by atomic mass is 19.1. The molecule has 1 heterocycles. The predicted molar refractivity (Wildman–Crippen MR) is 66.4 cm³/mol. The van der Waals surface area contributed by atoms with E-state index in [4.69, 9.17) is 4.74 Å². The van der Waals surface area contributed by atoms with Crippen LogP contribution in [-0.4, -0.2) is 18.8 Å². The molecular formula is C14H20FNO. The van der Waals surface area contributed by atoms with Crippen molar-refractivity contribution in [3.63, 3.8) is 0 Å². The van der Waals surface area contributed by atoms with Crippen LogP contribution in [0.1, 0.15) is 30.9 Å². The monoisotopic (exact) mass is 237 g/mol. The molecular weight excluding hydrogens is 217 g/mol. The van der Waals surface area contributed by atoms with Crippen molar-refractivity contribution in [3.8, 4) is 0 Å². The molecule has 17 heavy (non-hydrogen) atoms. The van der Waals surface area contributed by atoms with E-state index in [1.165, 1.54) is 0 Å². The van der Waals surface area contributed by atoms with Crippen molar-refractivity contribution in [2.45, 2.75) is 45.4 Å². The van der Waals surface area contributed by atoms with Crippen LogP contribution in [0.2, 0.25) is 0 Å². The zero-order chi connectivity index (χ0) is 12.3. The zero-order valence-corrected chi connectivity index (χ0v) is 10.5. The topological polar surface area (TPSA) is 21.3 Å². The van der Waals surface area contributed by atoms with E-state index in [1.54, 1.807) is 13.0 Å². The first kappa shape index (κ1) is 12.5. The minimum atomic E-state index is -0.130. The number of rotatable bonds is 4. The van der Waals surface area contributed by atoms with Crippen LogP contribution in [0.5, 0.6) is 0 Å². The predicted octanol–water partition coefficient (Wildman–Crippen LogP) is 2.79. The summed E-state index contributed by atoms with van der Waals surface area (Å²) in [6.45, 7) is 5.47.